The molecular formula is C47H100N6. The topological polar surface area (TPSA) is 19.4 Å². The quantitative estimate of drug-likeness (QED) is 0.267. The zero-order valence-electron chi connectivity index (χ0n) is 38.7. The highest BCUT2D eigenvalue weighted by Crippen LogP contribution is 2.14. The van der Waals surface area contributed by atoms with Gasteiger partial charge in [-0.3, -0.25) is 0 Å². The molecule has 6 aliphatic rings. The molecule has 6 rings (SSSR count). The van der Waals surface area contributed by atoms with E-state index in [1.165, 1.54) is 188 Å². The maximum atomic E-state index is 2.56. The van der Waals surface area contributed by atoms with Crippen LogP contribution < -0.4 is 0 Å². The van der Waals surface area contributed by atoms with Crippen LogP contribution in [0.3, 0.4) is 0 Å². The lowest BCUT2D eigenvalue weighted by Gasteiger charge is -2.29. The third-order valence-electron chi connectivity index (χ3n) is 12.5. The molecule has 53 heavy (non-hydrogen) atoms. The first-order valence-corrected chi connectivity index (χ1v) is 23.8. The minimum atomic E-state index is 0.769. The first-order chi connectivity index (χ1) is 25.3. The van der Waals surface area contributed by atoms with Crippen molar-refractivity contribution in [2.45, 2.75) is 228 Å². The molecule has 0 aromatic heterocycles. The first-order valence-electron chi connectivity index (χ1n) is 23.8. The highest BCUT2D eigenvalue weighted by atomic mass is 15.2. The Morgan fingerprint density at radius 2 is 0.264 bits per heavy atom. The molecule has 0 bridgehead atoms. The van der Waals surface area contributed by atoms with Gasteiger partial charge in [-0.05, 0) is 239 Å². The van der Waals surface area contributed by atoms with Crippen LogP contribution in [0.1, 0.15) is 192 Å². The standard InChI is InChI=1S/5C8H17N.C7H15N/c5*1-8(2)9-6-4-3-5-7-9;1-7(2)8-5-3-4-6-8/h5*8H,3-7H2,1-2H3;7H,3-6H2,1-2H3. The van der Waals surface area contributed by atoms with Gasteiger partial charge in [0.05, 0.1) is 0 Å². The largest absolute Gasteiger partial charge is 0.301 e. The maximum Gasteiger partial charge on any atom is 0.00385 e. The molecule has 0 unspecified atom stereocenters. The van der Waals surface area contributed by atoms with Gasteiger partial charge in [-0.2, -0.15) is 0 Å². The van der Waals surface area contributed by atoms with Gasteiger partial charge in [0.2, 0.25) is 0 Å². The van der Waals surface area contributed by atoms with Crippen molar-refractivity contribution in [3.63, 3.8) is 0 Å². The lowest BCUT2D eigenvalue weighted by molar-refractivity contribution is 0.185. The average molecular weight is 749 g/mol. The summed E-state index contributed by atoms with van der Waals surface area (Å²) in [4.78, 5) is 15.3. The van der Waals surface area contributed by atoms with Gasteiger partial charge in [0.25, 0.3) is 0 Å². The number of hydrogen-bond acceptors (Lipinski definition) is 6. The van der Waals surface area contributed by atoms with Crippen molar-refractivity contribution in [1.82, 2.24) is 29.4 Å². The van der Waals surface area contributed by atoms with Crippen molar-refractivity contribution in [2.75, 3.05) is 78.5 Å². The maximum absolute atomic E-state index is 2.56. The summed E-state index contributed by atoms with van der Waals surface area (Å²) in [5.74, 6) is 0. The lowest BCUT2D eigenvalue weighted by Crippen LogP contribution is -2.35. The van der Waals surface area contributed by atoms with E-state index < -0.39 is 0 Å². The Morgan fingerprint density at radius 1 is 0.170 bits per heavy atom. The molecule has 0 aromatic rings. The van der Waals surface area contributed by atoms with E-state index in [9.17, 15) is 0 Å². The van der Waals surface area contributed by atoms with Crippen LogP contribution in [0, 0.1) is 0 Å². The second-order valence-corrected chi connectivity index (χ2v) is 18.8. The van der Waals surface area contributed by atoms with E-state index >= 15 is 0 Å². The van der Waals surface area contributed by atoms with E-state index in [2.05, 4.69) is 112 Å². The number of nitrogens with zero attached hydrogens (tertiary/aromatic N) is 6. The molecule has 6 saturated heterocycles. The van der Waals surface area contributed by atoms with Crippen LogP contribution in [0.25, 0.3) is 0 Å². The molecule has 0 aliphatic carbocycles. The van der Waals surface area contributed by atoms with Crippen LogP contribution in [0.4, 0.5) is 0 Å². The third-order valence-corrected chi connectivity index (χ3v) is 12.5. The molecular weight excluding hydrogens is 649 g/mol. The van der Waals surface area contributed by atoms with Crippen molar-refractivity contribution in [3.05, 3.63) is 0 Å². The molecule has 0 saturated carbocycles. The number of hydrogen-bond donors (Lipinski definition) is 0. The third kappa shape index (κ3) is 25.6. The Bertz CT molecular complexity index is 634. The monoisotopic (exact) mass is 749 g/mol. The summed E-state index contributed by atoms with van der Waals surface area (Å²) in [6, 6.07) is 4.62. The van der Waals surface area contributed by atoms with Crippen molar-refractivity contribution in [3.8, 4) is 0 Å². The van der Waals surface area contributed by atoms with Crippen LogP contribution in [0.15, 0.2) is 0 Å². The van der Waals surface area contributed by atoms with Crippen LogP contribution >= 0.6 is 0 Å². The predicted molar refractivity (Wildman–Crippen MR) is 239 cm³/mol. The highest BCUT2D eigenvalue weighted by molar-refractivity contribution is 4.71. The normalized spacial score (nSPS) is 23.0. The van der Waals surface area contributed by atoms with Crippen LogP contribution in [0.2, 0.25) is 0 Å². The average Bonchev–Trinajstić information content (AvgIpc) is 3.74. The Labute approximate surface area is 335 Å². The predicted octanol–water partition coefficient (Wildman–Crippen LogP) is 10.9. The van der Waals surface area contributed by atoms with Gasteiger partial charge >= 0.3 is 0 Å². The van der Waals surface area contributed by atoms with E-state index in [1.54, 1.807) is 0 Å². The highest BCUT2D eigenvalue weighted by Gasteiger charge is 2.15. The van der Waals surface area contributed by atoms with Gasteiger partial charge in [-0.15, -0.1) is 0 Å². The summed E-state index contributed by atoms with van der Waals surface area (Å²) in [6.07, 6.45) is 24.2. The zero-order valence-corrected chi connectivity index (χ0v) is 38.7. The van der Waals surface area contributed by atoms with Crippen molar-refractivity contribution in [2.24, 2.45) is 0 Å². The molecule has 318 valence electrons. The lowest BCUT2D eigenvalue weighted by atomic mass is 10.1. The second-order valence-electron chi connectivity index (χ2n) is 18.8. The number of likely N-dealkylation sites (tertiary alicyclic amines) is 6. The van der Waals surface area contributed by atoms with Gasteiger partial charge in [0.15, 0.2) is 0 Å². The SMILES string of the molecule is CC(C)N1CCCC1.CC(C)N1CCCCC1.CC(C)N1CCCCC1.CC(C)N1CCCCC1.CC(C)N1CCCCC1.CC(C)N1CCCCC1. The second kappa shape index (κ2) is 31.8. The molecule has 6 aliphatic heterocycles. The van der Waals surface area contributed by atoms with E-state index in [-0.39, 0.29) is 0 Å². The summed E-state index contributed by atoms with van der Waals surface area (Å²) in [5.41, 5.74) is 0. The Morgan fingerprint density at radius 3 is 0.340 bits per heavy atom. The van der Waals surface area contributed by atoms with E-state index in [1.807, 2.05) is 0 Å². The summed E-state index contributed by atoms with van der Waals surface area (Å²) in [5, 5.41) is 0. The number of rotatable bonds is 6. The Balaban J connectivity index is 0.000000318. The fourth-order valence-electron chi connectivity index (χ4n) is 8.43. The fraction of sp³-hybridized carbons (Fsp3) is 1.00. The van der Waals surface area contributed by atoms with Crippen LogP contribution in [0.5, 0.6) is 0 Å². The van der Waals surface area contributed by atoms with Crippen molar-refractivity contribution in [1.29, 1.82) is 0 Å². The van der Waals surface area contributed by atoms with Crippen molar-refractivity contribution < 1.29 is 0 Å². The van der Waals surface area contributed by atoms with Gasteiger partial charge in [-0.25, -0.2) is 0 Å². The molecule has 0 atom stereocenters. The van der Waals surface area contributed by atoms with Crippen molar-refractivity contribution >= 4 is 0 Å². The molecule has 0 aromatic carbocycles. The van der Waals surface area contributed by atoms with Gasteiger partial charge in [0, 0.05) is 36.3 Å². The minimum Gasteiger partial charge on any atom is -0.301 e. The molecule has 0 amide bonds. The summed E-state index contributed by atoms with van der Waals surface area (Å²) >= 11 is 0. The van der Waals surface area contributed by atoms with Gasteiger partial charge < -0.3 is 29.4 Å². The molecule has 0 N–H and O–H groups in total. The Kier molecular flexibility index (Phi) is 30.5. The zero-order chi connectivity index (χ0) is 39.4. The van der Waals surface area contributed by atoms with Gasteiger partial charge in [-0.1, -0.05) is 32.1 Å². The summed E-state index contributed by atoms with van der Waals surface area (Å²) < 4.78 is 0. The smallest absolute Gasteiger partial charge is 0.00385 e. The number of piperidine rings is 5. The Hall–Kier alpha value is -0.240. The van der Waals surface area contributed by atoms with E-state index in [0.29, 0.717) is 0 Å². The summed E-state index contributed by atoms with van der Waals surface area (Å²) in [6.45, 7) is 43.3. The first kappa shape index (κ1) is 50.8. The molecule has 0 spiro atoms. The molecule has 6 heterocycles. The molecule has 0 radical (unpaired) electrons. The minimum absolute atomic E-state index is 0.769. The van der Waals surface area contributed by atoms with E-state index in [4.69, 9.17) is 0 Å². The fourth-order valence-corrected chi connectivity index (χ4v) is 8.43. The van der Waals surface area contributed by atoms with Crippen LogP contribution in [-0.4, -0.2) is 144 Å². The van der Waals surface area contributed by atoms with Crippen LogP contribution in [-0.2, 0) is 0 Å². The molecule has 6 fully saturated rings. The summed E-state index contributed by atoms with van der Waals surface area (Å²) in [7, 11) is 0. The van der Waals surface area contributed by atoms with E-state index in [0.717, 1.165) is 36.3 Å². The molecule has 6 nitrogen and oxygen atoms in total. The molecule has 6 heteroatoms. The van der Waals surface area contributed by atoms with Gasteiger partial charge in [0.1, 0.15) is 0 Å².